The number of hydrogen-bond acceptors (Lipinski definition) is 5. The van der Waals surface area contributed by atoms with Gasteiger partial charge in [0.15, 0.2) is 4.90 Å². The van der Waals surface area contributed by atoms with Gasteiger partial charge in [0.25, 0.3) is 0 Å². The number of ether oxygens (including phenoxy) is 1. The minimum Gasteiger partial charge on any atom is -0.593 e. The Balaban J connectivity index is 1.49. The van der Waals surface area contributed by atoms with Crippen LogP contribution in [0.5, 0.6) is 0 Å². The van der Waals surface area contributed by atoms with Crippen molar-refractivity contribution in [3.05, 3.63) is 82.7 Å². The highest BCUT2D eigenvalue weighted by molar-refractivity contribution is 7.89. The standard InChI is InChI=1S/C25H20F5N3O3S/c1-36-23(34)24-12-15-13-31-33(18-4-2-17(26)3-5-18)22(15)10-16(24)8-9-32(14-24)37(35)19-6-7-21(27)20(11-19)25(28,29)30/h2-7,10-11,13H,8-9,12,14H2,1H3. The Morgan fingerprint density at radius 2 is 1.89 bits per heavy atom. The fourth-order valence-corrected chi connectivity index (χ4v) is 6.19. The van der Waals surface area contributed by atoms with Crippen LogP contribution in [0.2, 0.25) is 0 Å². The molecule has 0 amide bonds. The molecule has 1 aromatic heterocycles. The number of methoxy groups -OCH3 is 1. The molecule has 1 saturated heterocycles. The van der Waals surface area contributed by atoms with Crippen molar-refractivity contribution in [3.8, 4) is 5.69 Å². The molecule has 2 unspecified atom stereocenters. The summed E-state index contributed by atoms with van der Waals surface area (Å²) >= 11 is -2.09. The van der Waals surface area contributed by atoms with Gasteiger partial charge in [0.2, 0.25) is 0 Å². The molecule has 5 rings (SSSR count). The normalized spacial score (nSPS) is 20.6. The van der Waals surface area contributed by atoms with E-state index in [9.17, 15) is 31.3 Å². The number of carbonyl (C=O) groups is 1. The number of nitrogens with zero attached hydrogens (tertiary/aromatic N) is 3. The third-order valence-corrected chi connectivity index (χ3v) is 8.15. The maximum atomic E-state index is 13.8. The van der Waals surface area contributed by atoms with E-state index < -0.39 is 46.1 Å². The first-order valence-corrected chi connectivity index (χ1v) is 12.3. The molecule has 2 aromatic carbocycles. The van der Waals surface area contributed by atoms with Gasteiger partial charge >= 0.3 is 12.1 Å². The zero-order chi connectivity index (χ0) is 26.5. The van der Waals surface area contributed by atoms with Crippen LogP contribution in [0.25, 0.3) is 11.8 Å². The molecule has 12 heteroatoms. The Hall–Kier alpha value is -3.22. The van der Waals surface area contributed by atoms with Crippen molar-refractivity contribution in [1.29, 1.82) is 0 Å². The molecule has 2 heterocycles. The first kappa shape index (κ1) is 25.4. The lowest BCUT2D eigenvalue weighted by Gasteiger charge is -2.43. The number of piperidine rings is 1. The number of esters is 1. The first-order chi connectivity index (χ1) is 17.5. The third-order valence-electron chi connectivity index (χ3n) is 6.71. The van der Waals surface area contributed by atoms with Crippen molar-refractivity contribution in [3.63, 3.8) is 0 Å². The van der Waals surface area contributed by atoms with Gasteiger partial charge in [-0.1, -0.05) is 0 Å². The molecule has 2 aliphatic rings. The van der Waals surface area contributed by atoms with Gasteiger partial charge < -0.3 is 9.29 Å². The summed E-state index contributed by atoms with van der Waals surface area (Å²) in [6.07, 6.45) is -1.11. The Kier molecular flexibility index (Phi) is 6.37. The second kappa shape index (κ2) is 9.26. The van der Waals surface area contributed by atoms with Crippen molar-refractivity contribution >= 4 is 23.4 Å². The minimum atomic E-state index is -4.94. The fourth-order valence-electron chi connectivity index (χ4n) is 4.89. The van der Waals surface area contributed by atoms with Crippen LogP contribution in [-0.4, -0.2) is 44.8 Å². The van der Waals surface area contributed by atoms with Gasteiger partial charge in [-0.3, -0.25) is 4.79 Å². The van der Waals surface area contributed by atoms with E-state index in [2.05, 4.69) is 5.10 Å². The molecule has 0 N–H and O–H groups in total. The lowest BCUT2D eigenvalue weighted by atomic mass is 9.69. The van der Waals surface area contributed by atoms with Crippen LogP contribution in [0.3, 0.4) is 0 Å². The predicted octanol–water partition coefficient (Wildman–Crippen LogP) is 4.70. The summed E-state index contributed by atoms with van der Waals surface area (Å²) in [7, 11) is 1.23. The van der Waals surface area contributed by atoms with Crippen LogP contribution in [0, 0.1) is 17.0 Å². The molecule has 6 nitrogen and oxygen atoms in total. The summed E-state index contributed by atoms with van der Waals surface area (Å²) in [5.41, 5.74) is 0.00374. The lowest BCUT2D eigenvalue weighted by Crippen LogP contribution is -2.53. The van der Waals surface area contributed by atoms with Gasteiger partial charge in [-0.15, -0.1) is 4.31 Å². The van der Waals surface area contributed by atoms with Crippen molar-refractivity contribution in [1.82, 2.24) is 14.1 Å². The molecule has 0 radical (unpaired) electrons. The number of alkyl halides is 3. The monoisotopic (exact) mass is 537 g/mol. The summed E-state index contributed by atoms with van der Waals surface area (Å²) in [4.78, 5) is 12.9. The average molecular weight is 538 g/mol. The van der Waals surface area contributed by atoms with E-state index in [1.165, 1.54) is 23.5 Å². The molecule has 1 aliphatic carbocycles. The van der Waals surface area contributed by atoms with Gasteiger partial charge in [0.05, 0.1) is 48.2 Å². The number of fused-ring (bicyclic) bond motifs is 2. The number of halogens is 5. The van der Waals surface area contributed by atoms with E-state index in [4.69, 9.17) is 4.74 Å². The third kappa shape index (κ3) is 4.42. The van der Waals surface area contributed by atoms with Crippen LogP contribution in [0.4, 0.5) is 22.0 Å². The SMILES string of the molecule is COC(=O)C12Cc3cnn(-c4ccc(F)cc4)c3C=C1CCN([S+]([O-])c1ccc(F)c(C(F)(F)F)c1)C2. The van der Waals surface area contributed by atoms with Crippen LogP contribution < -0.4 is 0 Å². The van der Waals surface area contributed by atoms with E-state index >= 15 is 0 Å². The van der Waals surface area contributed by atoms with Crippen LogP contribution >= 0.6 is 0 Å². The lowest BCUT2D eigenvalue weighted by molar-refractivity contribution is -0.151. The molecule has 0 spiro atoms. The molecular formula is C25H20F5N3O3S. The highest BCUT2D eigenvalue weighted by Gasteiger charge is 2.52. The highest BCUT2D eigenvalue weighted by Crippen LogP contribution is 2.46. The molecule has 2 atom stereocenters. The van der Waals surface area contributed by atoms with E-state index in [1.54, 1.807) is 23.0 Å². The Morgan fingerprint density at radius 3 is 2.57 bits per heavy atom. The largest absolute Gasteiger partial charge is 0.593 e. The summed E-state index contributed by atoms with van der Waals surface area (Å²) in [6, 6.07) is 7.99. The molecule has 0 bridgehead atoms. The van der Waals surface area contributed by atoms with E-state index in [-0.39, 0.29) is 30.8 Å². The maximum absolute atomic E-state index is 13.8. The molecular weight excluding hydrogens is 517 g/mol. The zero-order valence-electron chi connectivity index (χ0n) is 19.4. The Bertz CT molecular complexity index is 1390. The number of aromatic nitrogens is 2. The topological polar surface area (TPSA) is 70.4 Å². The van der Waals surface area contributed by atoms with Gasteiger partial charge in [-0.2, -0.15) is 18.3 Å². The smallest absolute Gasteiger partial charge is 0.419 e. The van der Waals surface area contributed by atoms with Crippen molar-refractivity contribution in [2.24, 2.45) is 5.41 Å². The number of benzene rings is 2. The number of carbonyl (C=O) groups excluding carboxylic acids is 1. The summed E-state index contributed by atoms with van der Waals surface area (Å²) in [5.74, 6) is -2.42. The van der Waals surface area contributed by atoms with Gasteiger partial charge in [0, 0.05) is 12.6 Å². The molecule has 0 saturated carbocycles. The molecule has 37 heavy (non-hydrogen) atoms. The number of hydrogen-bond donors (Lipinski definition) is 0. The molecule has 3 aromatic rings. The second-order valence-electron chi connectivity index (χ2n) is 8.87. The fraction of sp³-hybridized carbons (Fsp3) is 0.280. The number of rotatable bonds is 4. The Labute approximate surface area is 211 Å². The molecule has 1 fully saturated rings. The van der Waals surface area contributed by atoms with Crippen molar-refractivity contribution in [2.75, 3.05) is 20.2 Å². The zero-order valence-corrected chi connectivity index (χ0v) is 20.2. The predicted molar refractivity (Wildman–Crippen MR) is 124 cm³/mol. The second-order valence-corrected chi connectivity index (χ2v) is 10.4. The van der Waals surface area contributed by atoms with Crippen LogP contribution in [0.1, 0.15) is 23.2 Å². The van der Waals surface area contributed by atoms with Gasteiger partial charge in [0.1, 0.15) is 17.0 Å². The van der Waals surface area contributed by atoms with E-state index in [1.807, 2.05) is 6.08 Å². The molecule has 1 aliphatic heterocycles. The molecule has 194 valence electrons. The first-order valence-electron chi connectivity index (χ1n) is 11.2. The summed E-state index contributed by atoms with van der Waals surface area (Å²) in [5, 5.41) is 4.40. The average Bonchev–Trinajstić information content (AvgIpc) is 3.28. The van der Waals surface area contributed by atoms with E-state index in [0.29, 0.717) is 34.7 Å². The maximum Gasteiger partial charge on any atom is 0.419 e. The summed E-state index contributed by atoms with van der Waals surface area (Å²) < 4.78 is 88.2. The Morgan fingerprint density at radius 1 is 1.16 bits per heavy atom. The summed E-state index contributed by atoms with van der Waals surface area (Å²) in [6.45, 7) is 0.0912. The highest BCUT2D eigenvalue weighted by atomic mass is 32.2. The minimum absolute atomic E-state index is 0.0853. The van der Waals surface area contributed by atoms with Gasteiger partial charge in [-0.05, 0) is 66.5 Å². The van der Waals surface area contributed by atoms with E-state index in [0.717, 1.165) is 6.07 Å². The van der Waals surface area contributed by atoms with Gasteiger partial charge in [-0.25, -0.2) is 13.5 Å². The van der Waals surface area contributed by atoms with Crippen molar-refractivity contribution < 1.29 is 36.0 Å². The quantitative estimate of drug-likeness (QED) is 0.274. The van der Waals surface area contributed by atoms with Crippen LogP contribution in [0.15, 0.2) is 59.1 Å². The van der Waals surface area contributed by atoms with Crippen molar-refractivity contribution in [2.45, 2.75) is 23.9 Å². The van der Waals surface area contributed by atoms with Crippen LogP contribution in [-0.2, 0) is 33.5 Å².